The van der Waals surface area contributed by atoms with E-state index in [2.05, 4.69) is 29.6 Å². The number of hydrogen-bond donors (Lipinski definition) is 1. The second kappa shape index (κ2) is 9.16. The first-order valence-electron chi connectivity index (χ1n) is 7.34. The van der Waals surface area contributed by atoms with Crippen molar-refractivity contribution in [1.82, 2.24) is 5.32 Å². The fraction of sp³-hybridized carbons (Fsp3) is 0.333. The molecular formula is C18H23NO2. The Balaban J connectivity index is 1.60. The molecule has 2 aromatic carbocycles. The van der Waals surface area contributed by atoms with Gasteiger partial charge >= 0.3 is 0 Å². The Hall–Kier alpha value is -1.84. The fourth-order valence-corrected chi connectivity index (χ4v) is 2.13. The fourth-order valence-electron chi connectivity index (χ4n) is 2.13. The molecule has 0 bridgehead atoms. The molecule has 0 radical (unpaired) electrons. The number of methoxy groups -OCH3 is 1. The van der Waals surface area contributed by atoms with Crippen LogP contribution in [0.1, 0.15) is 17.5 Å². The van der Waals surface area contributed by atoms with Crippen LogP contribution >= 0.6 is 0 Å². The van der Waals surface area contributed by atoms with Crippen molar-refractivity contribution in [2.45, 2.75) is 19.6 Å². The van der Waals surface area contributed by atoms with Gasteiger partial charge in [-0.1, -0.05) is 42.5 Å². The smallest absolute Gasteiger partial charge is 0.119 e. The lowest BCUT2D eigenvalue weighted by atomic mass is 10.1. The van der Waals surface area contributed by atoms with Crippen molar-refractivity contribution in [3.63, 3.8) is 0 Å². The van der Waals surface area contributed by atoms with Gasteiger partial charge in [0.1, 0.15) is 5.75 Å². The average molecular weight is 285 g/mol. The van der Waals surface area contributed by atoms with E-state index in [1.54, 1.807) is 7.11 Å². The van der Waals surface area contributed by atoms with Gasteiger partial charge in [0.15, 0.2) is 0 Å². The van der Waals surface area contributed by atoms with Crippen LogP contribution in [0, 0.1) is 0 Å². The Kier molecular flexibility index (Phi) is 6.78. The molecule has 2 aromatic rings. The molecule has 0 amide bonds. The van der Waals surface area contributed by atoms with E-state index < -0.39 is 0 Å². The highest BCUT2D eigenvalue weighted by atomic mass is 16.5. The minimum Gasteiger partial charge on any atom is -0.494 e. The highest BCUT2D eigenvalue weighted by molar-refractivity contribution is 5.23. The van der Waals surface area contributed by atoms with E-state index in [4.69, 9.17) is 9.47 Å². The summed E-state index contributed by atoms with van der Waals surface area (Å²) in [5, 5.41) is 3.44. The van der Waals surface area contributed by atoms with Gasteiger partial charge in [-0.05, 0) is 36.2 Å². The zero-order valence-electron chi connectivity index (χ0n) is 12.5. The summed E-state index contributed by atoms with van der Waals surface area (Å²) >= 11 is 0. The lowest BCUT2D eigenvalue weighted by Gasteiger charge is -2.08. The number of nitrogens with one attached hydrogen (secondary N) is 1. The summed E-state index contributed by atoms with van der Waals surface area (Å²) in [6.07, 6.45) is 0.993. The molecule has 112 valence electrons. The second-order valence-electron chi connectivity index (χ2n) is 4.94. The lowest BCUT2D eigenvalue weighted by Crippen LogP contribution is -2.17. The normalized spacial score (nSPS) is 10.5. The molecule has 0 spiro atoms. The highest BCUT2D eigenvalue weighted by Gasteiger charge is 1.96. The summed E-state index contributed by atoms with van der Waals surface area (Å²) in [4.78, 5) is 0. The van der Waals surface area contributed by atoms with Gasteiger partial charge in [-0.2, -0.15) is 0 Å². The maximum absolute atomic E-state index is 5.65. The van der Waals surface area contributed by atoms with Gasteiger partial charge in [0.2, 0.25) is 0 Å². The maximum Gasteiger partial charge on any atom is 0.119 e. The van der Waals surface area contributed by atoms with Crippen molar-refractivity contribution in [2.24, 2.45) is 0 Å². The number of para-hydroxylation sites is 1. The first-order valence-corrected chi connectivity index (χ1v) is 7.34. The van der Waals surface area contributed by atoms with Gasteiger partial charge in [0.05, 0.1) is 13.2 Å². The molecule has 0 aromatic heterocycles. The topological polar surface area (TPSA) is 30.5 Å². The quantitative estimate of drug-likeness (QED) is 0.716. The third-order valence-electron chi connectivity index (χ3n) is 3.14. The third-order valence-corrected chi connectivity index (χ3v) is 3.14. The molecule has 0 aliphatic carbocycles. The van der Waals surface area contributed by atoms with E-state index >= 15 is 0 Å². The Bertz CT molecular complexity index is 514. The van der Waals surface area contributed by atoms with Crippen LogP contribution in [0.5, 0.6) is 5.75 Å². The molecule has 0 saturated heterocycles. The molecule has 3 heteroatoms. The zero-order valence-corrected chi connectivity index (χ0v) is 12.5. The Morgan fingerprint density at radius 1 is 0.952 bits per heavy atom. The van der Waals surface area contributed by atoms with Crippen LogP contribution in [-0.4, -0.2) is 20.3 Å². The number of benzene rings is 2. The first-order chi connectivity index (χ1) is 10.4. The monoisotopic (exact) mass is 285 g/mol. The second-order valence-corrected chi connectivity index (χ2v) is 4.94. The molecule has 0 aliphatic heterocycles. The lowest BCUT2D eigenvalue weighted by molar-refractivity contribution is 0.185. The predicted octanol–water partition coefficient (Wildman–Crippen LogP) is 3.39. The Morgan fingerprint density at radius 3 is 2.57 bits per heavy atom. The van der Waals surface area contributed by atoms with Crippen molar-refractivity contribution in [3.8, 4) is 5.75 Å². The standard InChI is InChI=1S/C18H23NO2/c1-20-15-17-8-5-7-16(13-17)14-19-11-6-12-21-18-9-3-2-4-10-18/h2-5,7-10,13,19H,6,11-12,14-15H2,1H3. The largest absolute Gasteiger partial charge is 0.494 e. The van der Waals surface area contributed by atoms with Crippen molar-refractivity contribution in [3.05, 3.63) is 65.7 Å². The maximum atomic E-state index is 5.65. The summed E-state index contributed by atoms with van der Waals surface area (Å²) in [6, 6.07) is 18.4. The van der Waals surface area contributed by atoms with Crippen LogP contribution in [0.15, 0.2) is 54.6 Å². The van der Waals surface area contributed by atoms with Crippen molar-refractivity contribution in [1.29, 1.82) is 0 Å². The van der Waals surface area contributed by atoms with E-state index in [-0.39, 0.29) is 0 Å². The third kappa shape index (κ3) is 5.98. The summed E-state index contributed by atoms with van der Waals surface area (Å²) in [5.74, 6) is 0.935. The van der Waals surface area contributed by atoms with Crippen molar-refractivity contribution < 1.29 is 9.47 Å². The van der Waals surface area contributed by atoms with Gasteiger partial charge < -0.3 is 14.8 Å². The Morgan fingerprint density at radius 2 is 1.76 bits per heavy atom. The van der Waals surface area contributed by atoms with Gasteiger partial charge in [0.25, 0.3) is 0 Å². The van der Waals surface area contributed by atoms with Crippen LogP contribution in [-0.2, 0) is 17.9 Å². The molecule has 0 fully saturated rings. The number of rotatable bonds is 9. The van der Waals surface area contributed by atoms with Gasteiger partial charge in [-0.3, -0.25) is 0 Å². The molecule has 0 unspecified atom stereocenters. The van der Waals surface area contributed by atoms with Crippen LogP contribution < -0.4 is 10.1 Å². The predicted molar refractivity (Wildman–Crippen MR) is 85.4 cm³/mol. The van der Waals surface area contributed by atoms with Gasteiger partial charge in [0, 0.05) is 13.7 Å². The highest BCUT2D eigenvalue weighted by Crippen LogP contribution is 2.08. The molecule has 0 heterocycles. The van der Waals surface area contributed by atoms with E-state index in [9.17, 15) is 0 Å². The van der Waals surface area contributed by atoms with E-state index in [0.717, 1.165) is 31.9 Å². The van der Waals surface area contributed by atoms with Crippen LogP contribution in [0.4, 0.5) is 0 Å². The molecule has 2 rings (SSSR count). The molecule has 0 atom stereocenters. The van der Waals surface area contributed by atoms with Crippen LogP contribution in [0.25, 0.3) is 0 Å². The molecular weight excluding hydrogens is 262 g/mol. The number of hydrogen-bond acceptors (Lipinski definition) is 3. The minimum absolute atomic E-state index is 0.665. The summed E-state index contributed by atoms with van der Waals surface area (Å²) in [6.45, 7) is 3.23. The molecule has 1 N–H and O–H groups in total. The molecule has 3 nitrogen and oxygen atoms in total. The first kappa shape index (κ1) is 15.5. The summed E-state index contributed by atoms with van der Waals surface area (Å²) in [5.41, 5.74) is 2.50. The van der Waals surface area contributed by atoms with Crippen molar-refractivity contribution >= 4 is 0 Å². The average Bonchev–Trinajstić information content (AvgIpc) is 2.52. The number of ether oxygens (including phenoxy) is 2. The zero-order chi connectivity index (χ0) is 14.8. The van der Waals surface area contributed by atoms with E-state index in [0.29, 0.717) is 6.61 Å². The van der Waals surface area contributed by atoms with Crippen LogP contribution in [0.3, 0.4) is 0 Å². The van der Waals surface area contributed by atoms with Crippen LogP contribution in [0.2, 0.25) is 0 Å². The molecule has 0 saturated carbocycles. The van der Waals surface area contributed by atoms with Crippen molar-refractivity contribution in [2.75, 3.05) is 20.3 Å². The molecule has 21 heavy (non-hydrogen) atoms. The Labute approximate surface area is 126 Å². The summed E-state index contributed by atoms with van der Waals surface area (Å²) in [7, 11) is 1.72. The van der Waals surface area contributed by atoms with Gasteiger partial charge in [-0.25, -0.2) is 0 Å². The summed E-state index contributed by atoms with van der Waals surface area (Å²) < 4.78 is 10.8. The van der Waals surface area contributed by atoms with Gasteiger partial charge in [-0.15, -0.1) is 0 Å². The minimum atomic E-state index is 0.665. The van der Waals surface area contributed by atoms with E-state index in [1.807, 2.05) is 30.3 Å². The molecule has 0 aliphatic rings. The SMILES string of the molecule is COCc1cccc(CNCCCOc2ccccc2)c1. The van der Waals surface area contributed by atoms with E-state index in [1.165, 1.54) is 11.1 Å².